The van der Waals surface area contributed by atoms with Crippen LogP contribution in [0.15, 0.2) is 18.2 Å². The quantitative estimate of drug-likeness (QED) is 0.846. The molecule has 1 aliphatic heterocycles. The van der Waals surface area contributed by atoms with E-state index in [0.29, 0.717) is 0 Å². The molecule has 0 unspecified atom stereocenters. The van der Waals surface area contributed by atoms with Crippen molar-refractivity contribution in [2.75, 3.05) is 0 Å². The number of hydrogen-bond donors (Lipinski definition) is 1. The summed E-state index contributed by atoms with van der Waals surface area (Å²) in [7, 11) is 0. The summed E-state index contributed by atoms with van der Waals surface area (Å²) in [5.41, 5.74) is 7.42. The van der Waals surface area contributed by atoms with Crippen molar-refractivity contribution in [1.29, 1.82) is 0 Å². The van der Waals surface area contributed by atoms with Crippen molar-refractivity contribution in [3.63, 3.8) is 0 Å². The first-order chi connectivity index (χ1) is 9.62. The van der Waals surface area contributed by atoms with Crippen molar-refractivity contribution >= 4 is 11.6 Å². The number of benzene rings is 1. The highest BCUT2D eigenvalue weighted by Gasteiger charge is 2.42. The average Bonchev–Trinajstić information content (AvgIpc) is 2.43. The fraction of sp³-hybridized carbons (Fsp3) is 0.647. The largest absolute Gasteiger partial charge is 0.487 e. The Morgan fingerprint density at radius 2 is 2.10 bits per heavy atom. The van der Waals surface area contributed by atoms with Gasteiger partial charge in [0.15, 0.2) is 0 Å². The molecule has 2 N–H and O–H groups in total. The van der Waals surface area contributed by atoms with E-state index in [1.54, 1.807) is 0 Å². The highest BCUT2D eigenvalue weighted by atomic mass is 35.5. The minimum atomic E-state index is -0.0233. The maximum absolute atomic E-state index is 6.38. The van der Waals surface area contributed by atoms with Crippen LogP contribution in [-0.4, -0.2) is 5.60 Å². The zero-order valence-electron chi connectivity index (χ0n) is 12.2. The Bertz CT molecular complexity index is 480. The van der Waals surface area contributed by atoms with E-state index in [0.717, 1.165) is 41.5 Å². The Morgan fingerprint density at radius 1 is 1.35 bits per heavy atom. The van der Waals surface area contributed by atoms with Gasteiger partial charge in [0.25, 0.3) is 0 Å². The molecule has 0 aromatic heterocycles. The molecule has 1 heterocycles. The number of fused-ring (bicyclic) bond motifs is 1. The van der Waals surface area contributed by atoms with Crippen LogP contribution in [0.1, 0.15) is 63.5 Å². The van der Waals surface area contributed by atoms with E-state index in [2.05, 4.69) is 6.92 Å². The molecule has 1 fully saturated rings. The predicted molar refractivity (Wildman–Crippen MR) is 83.2 cm³/mol. The van der Waals surface area contributed by atoms with Crippen LogP contribution < -0.4 is 10.5 Å². The van der Waals surface area contributed by atoms with Crippen LogP contribution in [0.3, 0.4) is 0 Å². The van der Waals surface area contributed by atoms with E-state index in [1.807, 2.05) is 18.2 Å². The summed E-state index contributed by atoms with van der Waals surface area (Å²) in [4.78, 5) is 0. The third-order valence-electron chi connectivity index (χ3n) is 5.00. The van der Waals surface area contributed by atoms with Gasteiger partial charge in [-0.15, -0.1) is 0 Å². The summed E-state index contributed by atoms with van der Waals surface area (Å²) in [5.74, 6) is 1.83. The molecule has 3 heteroatoms. The van der Waals surface area contributed by atoms with Gasteiger partial charge in [-0.05, 0) is 49.8 Å². The number of ether oxygens (including phenoxy) is 1. The Labute approximate surface area is 126 Å². The standard InChI is InChI=1S/C17H24ClNO/c1-2-3-12-6-8-17(9-7-12)11-15(19)14-10-13(18)4-5-16(14)20-17/h4-5,10,12,15H,2-3,6-9,11,19H2,1H3/t12?,15-,17?/m1/s1. The van der Waals surface area contributed by atoms with Crippen LogP contribution in [0.5, 0.6) is 5.75 Å². The zero-order valence-corrected chi connectivity index (χ0v) is 13.0. The van der Waals surface area contributed by atoms with Gasteiger partial charge in [-0.2, -0.15) is 0 Å². The molecule has 2 aliphatic rings. The van der Waals surface area contributed by atoms with Crippen molar-refractivity contribution in [1.82, 2.24) is 0 Å². The second kappa shape index (κ2) is 5.57. The molecule has 20 heavy (non-hydrogen) atoms. The van der Waals surface area contributed by atoms with E-state index in [4.69, 9.17) is 22.1 Å². The summed E-state index contributed by atoms with van der Waals surface area (Å²) >= 11 is 6.06. The molecular weight excluding hydrogens is 270 g/mol. The monoisotopic (exact) mass is 293 g/mol. The van der Waals surface area contributed by atoms with Crippen molar-refractivity contribution in [2.24, 2.45) is 11.7 Å². The maximum Gasteiger partial charge on any atom is 0.125 e. The summed E-state index contributed by atoms with van der Waals surface area (Å²) in [6, 6.07) is 5.89. The lowest BCUT2D eigenvalue weighted by Gasteiger charge is -2.45. The molecule has 0 bridgehead atoms. The van der Waals surface area contributed by atoms with E-state index in [9.17, 15) is 0 Å². The first kappa shape index (κ1) is 14.2. The van der Waals surface area contributed by atoms with Gasteiger partial charge >= 0.3 is 0 Å². The van der Waals surface area contributed by atoms with Crippen molar-refractivity contribution in [2.45, 2.75) is 63.5 Å². The highest BCUT2D eigenvalue weighted by molar-refractivity contribution is 6.30. The smallest absolute Gasteiger partial charge is 0.125 e. The highest BCUT2D eigenvalue weighted by Crippen LogP contribution is 2.47. The topological polar surface area (TPSA) is 35.2 Å². The van der Waals surface area contributed by atoms with E-state index >= 15 is 0 Å². The summed E-state index contributed by atoms with van der Waals surface area (Å²) < 4.78 is 6.37. The molecule has 3 rings (SSSR count). The molecule has 1 spiro atoms. The Hall–Kier alpha value is -0.730. The van der Waals surface area contributed by atoms with Crippen LogP contribution in [-0.2, 0) is 0 Å². The summed E-state index contributed by atoms with van der Waals surface area (Å²) in [6.45, 7) is 2.28. The zero-order chi connectivity index (χ0) is 14.2. The third kappa shape index (κ3) is 2.68. The first-order valence-corrected chi connectivity index (χ1v) is 8.24. The Kier molecular flexibility index (Phi) is 3.96. The van der Waals surface area contributed by atoms with Crippen LogP contribution in [0, 0.1) is 5.92 Å². The van der Waals surface area contributed by atoms with Gasteiger partial charge in [0.1, 0.15) is 11.4 Å². The van der Waals surface area contributed by atoms with Crippen molar-refractivity contribution in [3.05, 3.63) is 28.8 Å². The molecule has 0 radical (unpaired) electrons. The van der Waals surface area contributed by atoms with Gasteiger partial charge in [0.2, 0.25) is 0 Å². The van der Waals surface area contributed by atoms with Crippen molar-refractivity contribution in [3.8, 4) is 5.75 Å². The van der Waals surface area contributed by atoms with Crippen LogP contribution in [0.25, 0.3) is 0 Å². The SMILES string of the molecule is CCCC1CCC2(CC1)C[C@@H](N)c1cc(Cl)ccc1O2. The number of nitrogens with two attached hydrogens (primary N) is 1. The van der Waals surface area contributed by atoms with E-state index in [1.165, 1.54) is 25.7 Å². The Morgan fingerprint density at radius 3 is 2.80 bits per heavy atom. The molecular formula is C17H24ClNO. The van der Waals surface area contributed by atoms with Gasteiger partial charge in [-0.25, -0.2) is 0 Å². The van der Waals surface area contributed by atoms with Gasteiger partial charge in [-0.1, -0.05) is 31.4 Å². The van der Waals surface area contributed by atoms with Gasteiger partial charge in [0.05, 0.1) is 0 Å². The average molecular weight is 294 g/mol. The molecule has 1 saturated carbocycles. The van der Waals surface area contributed by atoms with E-state index < -0.39 is 0 Å². The number of rotatable bonds is 2. The maximum atomic E-state index is 6.38. The predicted octanol–water partition coefficient (Wildman–Crippen LogP) is 4.85. The lowest BCUT2D eigenvalue weighted by Crippen LogP contribution is -2.45. The Balaban J connectivity index is 1.76. The van der Waals surface area contributed by atoms with Gasteiger partial charge < -0.3 is 10.5 Å². The number of halogens is 1. The van der Waals surface area contributed by atoms with Crippen LogP contribution in [0.4, 0.5) is 0 Å². The van der Waals surface area contributed by atoms with Crippen LogP contribution >= 0.6 is 11.6 Å². The summed E-state index contributed by atoms with van der Waals surface area (Å²) in [5, 5.41) is 0.741. The molecule has 1 aliphatic carbocycles. The normalized spacial score (nSPS) is 32.8. The number of hydrogen-bond acceptors (Lipinski definition) is 2. The minimum Gasteiger partial charge on any atom is -0.487 e. The lowest BCUT2D eigenvalue weighted by atomic mass is 9.72. The van der Waals surface area contributed by atoms with Crippen molar-refractivity contribution < 1.29 is 4.74 Å². The third-order valence-corrected chi connectivity index (χ3v) is 5.24. The second-order valence-corrected chi connectivity index (χ2v) is 6.95. The molecule has 0 saturated heterocycles. The molecule has 110 valence electrons. The van der Waals surface area contributed by atoms with Gasteiger partial charge in [0, 0.05) is 23.0 Å². The molecule has 1 atom stereocenters. The second-order valence-electron chi connectivity index (χ2n) is 6.51. The molecule has 0 amide bonds. The molecule has 1 aromatic rings. The molecule has 1 aromatic carbocycles. The molecule has 2 nitrogen and oxygen atoms in total. The fourth-order valence-corrected chi connectivity index (χ4v) is 4.08. The van der Waals surface area contributed by atoms with E-state index in [-0.39, 0.29) is 11.6 Å². The minimum absolute atomic E-state index is 0.0233. The van der Waals surface area contributed by atoms with Crippen LogP contribution in [0.2, 0.25) is 5.02 Å². The lowest BCUT2D eigenvalue weighted by molar-refractivity contribution is -0.0115. The summed E-state index contributed by atoms with van der Waals surface area (Å²) in [6.07, 6.45) is 8.43. The van der Waals surface area contributed by atoms with Gasteiger partial charge in [-0.3, -0.25) is 0 Å². The fourth-order valence-electron chi connectivity index (χ4n) is 3.89. The first-order valence-electron chi connectivity index (χ1n) is 7.86.